The van der Waals surface area contributed by atoms with Gasteiger partial charge in [0.15, 0.2) is 11.5 Å². The minimum absolute atomic E-state index is 0.0993. The lowest BCUT2D eigenvalue weighted by Gasteiger charge is -2.19. The fourth-order valence-electron chi connectivity index (χ4n) is 3.90. The SMILES string of the molecule is Cc1cc(O)cc(O)c1C(=O)c1c(Cc2cc(O)cc(=O)o2)cc2c(c1O)C(=O)C=C(O)C2=O. The van der Waals surface area contributed by atoms with Gasteiger partial charge in [-0.15, -0.1) is 0 Å². The minimum Gasteiger partial charge on any atom is -0.508 e. The van der Waals surface area contributed by atoms with Crippen LogP contribution in [0.5, 0.6) is 23.0 Å². The number of aliphatic hydroxyl groups is 1. The Kier molecular flexibility index (Phi) is 5.21. The summed E-state index contributed by atoms with van der Waals surface area (Å²) in [5.41, 5.74) is -2.54. The van der Waals surface area contributed by atoms with Crippen molar-refractivity contribution in [1.29, 1.82) is 0 Å². The second kappa shape index (κ2) is 7.93. The van der Waals surface area contributed by atoms with Crippen molar-refractivity contribution >= 4 is 17.3 Å². The van der Waals surface area contributed by atoms with Gasteiger partial charge in [0.05, 0.1) is 22.8 Å². The zero-order valence-corrected chi connectivity index (χ0v) is 17.4. The fraction of sp³-hybridized carbons (Fsp3) is 0.0833. The summed E-state index contributed by atoms with van der Waals surface area (Å²) in [6.07, 6.45) is 0.214. The van der Waals surface area contributed by atoms with Crippen molar-refractivity contribution in [3.63, 3.8) is 0 Å². The molecular weight excluding hydrogens is 448 g/mol. The molecule has 0 spiro atoms. The van der Waals surface area contributed by atoms with Crippen molar-refractivity contribution < 1.29 is 44.3 Å². The van der Waals surface area contributed by atoms with Crippen LogP contribution in [0.4, 0.5) is 0 Å². The molecule has 0 amide bonds. The Bertz CT molecular complexity index is 1480. The number of rotatable bonds is 4. The van der Waals surface area contributed by atoms with Crippen molar-refractivity contribution in [3.8, 4) is 23.0 Å². The summed E-state index contributed by atoms with van der Waals surface area (Å²) in [5, 5.41) is 50.4. The number of ketones is 3. The van der Waals surface area contributed by atoms with Gasteiger partial charge in [0.1, 0.15) is 28.8 Å². The zero-order chi connectivity index (χ0) is 24.9. The number of aromatic hydroxyl groups is 4. The maximum Gasteiger partial charge on any atom is 0.339 e. The lowest BCUT2D eigenvalue weighted by Crippen LogP contribution is -2.20. The Morgan fingerprint density at radius 1 is 0.882 bits per heavy atom. The number of aliphatic hydroxyl groups excluding tert-OH is 1. The van der Waals surface area contributed by atoms with Crippen molar-refractivity contribution in [2.24, 2.45) is 0 Å². The van der Waals surface area contributed by atoms with Crippen LogP contribution in [0.3, 0.4) is 0 Å². The molecule has 0 bridgehead atoms. The average Bonchev–Trinajstić information content (AvgIpc) is 2.70. The molecule has 3 aromatic rings. The quantitative estimate of drug-likeness (QED) is 0.359. The minimum atomic E-state index is -0.980. The molecule has 2 aromatic carbocycles. The highest BCUT2D eigenvalue weighted by Crippen LogP contribution is 2.38. The maximum atomic E-state index is 13.5. The van der Waals surface area contributed by atoms with Crippen molar-refractivity contribution in [2.75, 3.05) is 0 Å². The van der Waals surface area contributed by atoms with Crippen molar-refractivity contribution in [3.05, 3.63) is 91.7 Å². The van der Waals surface area contributed by atoms with E-state index in [2.05, 4.69) is 0 Å². The Morgan fingerprint density at radius 3 is 2.21 bits per heavy atom. The highest BCUT2D eigenvalue weighted by atomic mass is 16.4. The van der Waals surface area contributed by atoms with Crippen molar-refractivity contribution in [1.82, 2.24) is 0 Å². The number of benzene rings is 2. The van der Waals surface area contributed by atoms with Gasteiger partial charge in [0, 0.05) is 30.2 Å². The Morgan fingerprint density at radius 2 is 1.56 bits per heavy atom. The zero-order valence-electron chi connectivity index (χ0n) is 17.4. The summed E-state index contributed by atoms with van der Waals surface area (Å²) >= 11 is 0. The van der Waals surface area contributed by atoms with E-state index < -0.39 is 63.5 Å². The van der Waals surface area contributed by atoms with Crippen LogP contribution in [-0.2, 0) is 6.42 Å². The summed E-state index contributed by atoms with van der Waals surface area (Å²) in [6, 6.07) is 5.09. The number of aryl methyl sites for hydroxylation is 1. The first-order valence-corrected chi connectivity index (χ1v) is 9.76. The van der Waals surface area contributed by atoms with Crippen LogP contribution in [-0.4, -0.2) is 42.9 Å². The number of allylic oxidation sites excluding steroid dienone is 2. The van der Waals surface area contributed by atoms with Crippen LogP contribution in [0.1, 0.15) is 53.5 Å². The number of hydrogen-bond acceptors (Lipinski definition) is 10. The fourth-order valence-corrected chi connectivity index (χ4v) is 3.90. The van der Waals surface area contributed by atoms with E-state index in [9.17, 15) is 44.7 Å². The van der Waals surface area contributed by atoms with Gasteiger partial charge in [-0.1, -0.05) is 0 Å². The number of Topliss-reactive ketones (excluding diaryl/α,β-unsaturated/α-hetero) is 1. The molecule has 34 heavy (non-hydrogen) atoms. The summed E-state index contributed by atoms with van der Waals surface area (Å²) in [7, 11) is 0. The Labute approximate surface area is 190 Å². The first-order chi connectivity index (χ1) is 16.0. The van der Waals surface area contributed by atoms with Gasteiger partial charge in [-0.3, -0.25) is 14.4 Å². The number of hydrogen-bond donors (Lipinski definition) is 5. The largest absolute Gasteiger partial charge is 0.508 e. The van der Waals surface area contributed by atoms with Crippen LogP contribution in [0.15, 0.2) is 51.4 Å². The van der Waals surface area contributed by atoms with Crippen LogP contribution in [0.25, 0.3) is 0 Å². The number of carbonyl (C=O) groups is 3. The number of fused-ring (bicyclic) bond motifs is 1. The molecule has 0 aliphatic heterocycles. The van der Waals surface area contributed by atoms with E-state index in [0.717, 1.165) is 24.3 Å². The van der Waals surface area contributed by atoms with Crippen LogP contribution >= 0.6 is 0 Å². The molecule has 1 aromatic heterocycles. The molecule has 1 aliphatic rings. The van der Waals surface area contributed by atoms with E-state index in [1.54, 1.807) is 0 Å². The summed E-state index contributed by atoms with van der Waals surface area (Å²) in [5.74, 6) is -6.09. The monoisotopic (exact) mass is 464 g/mol. The van der Waals surface area contributed by atoms with Gasteiger partial charge in [0.25, 0.3) is 0 Å². The molecule has 0 fully saturated rings. The predicted octanol–water partition coefficient (Wildman–Crippen LogP) is 2.41. The first kappa shape index (κ1) is 22.3. The number of phenolic OH excluding ortho intramolecular Hbond substituents is 3. The van der Waals surface area contributed by atoms with E-state index in [4.69, 9.17) is 4.42 Å². The van der Waals surface area contributed by atoms with Crippen LogP contribution in [0, 0.1) is 6.92 Å². The highest BCUT2D eigenvalue weighted by molar-refractivity contribution is 6.26. The van der Waals surface area contributed by atoms with Crippen molar-refractivity contribution in [2.45, 2.75) is 13.3 Å². The Balaban J connectivity index is 2.01. The van der Waals surface area contributed by atoms with E-state index in [1.165, 1.54) is 13.0 Å². The molecule has 1 aliphatic carbocycles. The third-order valence-electron chi connectivity index (χ3n) is 5.30. The van der Waals surface area contributed by atoms with Gasteiger partial charge in [-0.25, -0.2) is 4.79 Å². The smallest absolute Gasteiger partial charge is 0.339 e. The molecule has 0 saturated carbocycles. The summed E-state index contributed by atoms with van der Waals surface area (Å²) in [6.45, 7) is 1.42. The molecule has 4 rings (SSSR count). The lowest BCUT2D eigenvalue weighted by molar-refractivity contribution is 0.0936. The third kappa shape index (κ3) is 3.66. The molecule has 5 N–H and O–H groups in total. The molecule has 10 heteroatoms. The number of phenols is 3. The van der Waals surface area contributed by atoms with Gasteiger partial charge < -0.3 is 29.9 Å². The molecule has 0 radical (unpaired) electrons. The van der Waals surface area contributed by atoms with Gasteiger partial charge >= 0.3 is 5.63 Å². The topological polar surface area (TPSA) is 183 Å². The van der Waals surface area contributed by atoms with E-state index in [1.807, 2.05) is 0 Å². The molecule has 0 atom stereocenters. The second-order valence-electron chi connectivity index (χ2n) is 7.67. The summed E-state index contributed by atoms with van der Waals surface area (Å²) < 4.78 is 5.02. The molecular formula is C24H16O10. The molecule has 10 nitrogen and oxygen atoms in total. The van der Waals surface area contributed by atoms with E-state index >= 15 is 0 Å². The van der Waals surface area contributed by atoms with E-state index in [0.29, 0.717) is 6.08 Å². The molecule has 172 valence electrons. The predicted molar refractivity (Wildman–Crippen MR) is 115 cm³/mol. The number of carbonyl (C=O) groups excluding carboxylic acids is 3. The molecule has 1 heterocycles. The van der Waals surface area contributed by atoms with Gasteiger partial charge in [-0.2, -0.15) is 0 Å². The van der Waals surface area contributed by atoms with Crippen LogP contribution < -0.4 is 5.63 Å². The maximum absolute atomic E-state index is 13.5. The summed E-state index contributed by atoms with van der Waals surface area (Å²) in [4.78, 5) is 50.1. The normalized spacial score (nSPS) is 12.9. The second-order valence-corrected chi connectivity index (χ2v) is 7.67. The molecule has 0 saturated heterocycles. The van der Waals surface area contributed by atoms with Gasteiger partial charge in [0.2, 0.25) is 11.6 Å². The first-order valence-electron chi connectivity index (χ1n) is 9.76. The highest BCUT2D eigenvalue weighted by Gasteiger charge is 2.34. The van der Waals surface area contributed by atoms with Crippen LogP contribution in [0.2, 0.25) is 0 Å². The average molecular weight is 464 g/mol. The standard InChI is InChI=1S/C24H16O10/c1-9-2-11(25)6-15(27)19(9)23(32)20-10(3-13-5-12(26)7-18(30)34-13)4-14-21(24(20)33)16(28)8-17(29)22(14)31/h2,4-8,25-27,29,33H,3H2,1H3. The van der Waals surface area contributed by atoms with E-state index in [-0.39, 0.29) is 33.8 Å². The van der Waals surface area contributed by atoms with Gasteiger partial charge in [-0.05, 0) is 30.2 Å². The Hall–Kier alpha value is -4.86. The third-order valence-corrected chi connectivity index (χ3v) is 5.30. The molecule has 0 unspecified atom stereocenters. The lowest BCUT2D eigenvalue weighted by atomic mass is 9.84.